The first-order chi connectivity index (χ1) is 15.0. The van der Waals surface area contributed by atoms with E-state index in [1.165, 1.54) is 36.6 Å². The largest absolute Gasteiger partial charge is 0.490 e. The van der Waals surface area contributed by atoms with E-state index in [-0.39, 0.29) is 22.9 Å². The number of rotatable bonds is 5. The lowest BCUT2D eigenvalue weighted by molar-refractivity contribution is -0.385. The third kappa shape index (κ3) is 4.36. The molecule has 0 unspecified atom stereocenters. The van der Waals surface area contributed by atoms with Gasteiger partial charge < -0.3 is 4.74 Å². The molecule has 160 valence electrons. The Morgan fingerprint density at radius 2 is 2.00 bits per heavy atom. The number of nitro groups is 1. The minimum absolute atomic E-state index is 0.150. The van der Waals surface area contributed by atoms with E-state index in [0.717, 1.165) is 30.2 Å². The molecule has 1 aliphatic carbocycles. The van der Waals surface area contributed by atoms with Crippen molar-refractivity contribution < 1.29 is 9.66 Å². The van der Waals surface area contributed by atoms with Crippen molar-refractivity contribution in [2.45, 2.75) is 38.0 Å². The highest BCUT2D eigenvalue weighted by Crippen LogP contribution is 2.32. The van der Waals surface area contributed by atoms with Crippen molar-refractivity contribution in [2.24, 2.45) is 5.10 Å². The zero-order valence-electron chi connectivity index (χ0n) is 17.0. The van der Waals surface area contributed by atoms with Crippen LogP contribution in [-0.2, 0) is 0 Å². The first kappa shape index (κ1) is 21.2. The highest BCUT2D eigenvalue weighted by molar-refractivity contribution is 9.10. The summed E-state index contributed by atoms with van der Waals surface area (Å²) in [5, 5.41) is 16.2. The van der Waals surface area contributed by atoms with Crippen LogP contribution >= 0.6 is 15.9 Å². The van der Waals surface area contributed by atoms with Crippen molar-refractivity contribution in [3.8, 4) is 5.75 Å². The molecule has 4 rings (SSSR count). The SMILES string of the molecule is COc1ccc(C=Nn2c(C3CCCCC3)nc3ccc(Br)cc3c2=O)cc1[N+](=O)[O-]. The van der Waals surface area contributed by atoms with Crippen molar-refractivity contribution in [3.05, 3.63) is 72.7 Å². The highest BCUT2D eigenvalue weighted by atomic mass is 79.9. The number of fused-ring (bicyclic) bond motifs is 1. The zero-order valence-corrected chi connectivity index (χ0v) is 18.5. The van der Waals surface area contributed by atoms with Crippen LogP contribution in [0.3, 0.4) is 0 Å². The number of hydrogen-bond acceptors (Lipinski definition) is 6. The maximum absolute atomic E-state index is 13.3. The molecule has 0 radical (unpaired) electrons. The van der Waals surface area contributed by atoms with Gasteiger partial charge in [-0.3, -0.25) is 14.9 Å². The second kappa shape index (κ2) is 8.97. The number of nitrogens with zero attached hydrogens (tertiary/aromatic N) is 4. The third-order valence-corrected chi connectivity index (χ3v) is 6.02. The van der Waals surface area contributed by atoms with Gasteiger partial charge in [0.2, 0.25) is 0 Å². The fourth-order valence-corrected chi connectivity index (χ4v) is 4.32. The Morgan fingerprint density at radius 3 is 2.71 bits per heavy atom. The molecule has 0 spiro atoms. The highest BCUT2D eigenvalue weighted by Gasteiger charge is 2.22. The summed E-state index contributed by atoms with van der Waals surface area (Å²) in [6.45, 7) is 0. The van der Waals surface area contributed by atoms with E-state index in [0.29, 0.717) is 22.3 Å². The summed E-state index contributed by atoms with van der Waals surface area (Å²) < 4.78 is 7.18. The monoisotopic (exact) mass is 484 g/mol. The molecule has 1 aromatic heterocycles. The van der Waals surface area contributed by atoms with Crippen LogP contribution in [0.5, 0.6) is 5.75 Å². The first-order valence-corrected chi connectivity index (χ1v) is 10.9. The summed E-state index contributed by atoms with van der Waals surface area (Å²) in [7, 11) is 1.38. The molecule has 1 fully saturated rings. The Bertz CT molecular complexity index is 1230. The van der Waals surface area contributed by atoms with Gasteiger partial charge in [0.1, 0.15) is 5.82 Å². The molecule has 0 atom stereocenters. The van der Waals surface area contributed by atoms with Gasteiger partial charge in [-0.1, -0.05) is 35.2 Å². The molecule has 0 aliphatic heterocycles. The van der Waals surface area contributed by atoms with Crippen LogP contribution < -0.4 is 10.3 Å². The number of halogens is 1. The molecular formula is C22H21BrN4O4. The molecule has 2 aromatic carbocycles. The van der Waals surface area contributed by atoms with Crippen molar-refractivity contribution in [1.29, 1.82) is 0 Å². The van der Waals surface area contributed by atoms with Crippen LogP contribution in [0.1, 0.15) is 49.4 Å². The number of aromatic nitrogens is 2. The summed E-state index contributed by atoms with van der Waals surface area (Å²) >= 11 is 3.41. The number of nitro benzene ring substituents is 1. The van der Waals surface area contributed by atoms with Crippen molar-refractivity contribution in [2.75, 3.05) is 7.11 Å². The van der Waals surface area contributed by atoms with E-state index in [2.05, 4.69) is 21.0 Å². The minimum atomic E-state index is -0.509. The van der Waals surface area contributed by atoms with Crippen molar-refractivity contribution in [3.63, 3.8) is 0 Å². The Kier molecular flexibility index (Phi) is 6.13. The molecule has 1 aliphatic rings. The minimum Gasteiger partial charge on any atom is -0.490 e. The molecule has 3 aromatic rings. The van der Waals surface area contributed by atoms with Crippen molar-refractivity contribution >= 4 is 38.7 Å². The van der Waals surface area contributed by atoms with Crippen LogP contribution in [0.4, 0.5) is 5.69 Å². The average Bonchev–Trinajstić information content (AvgIpc) is 2.79. The molecule has 0 amide bonds. The standard InChI is InChI=1S/C22H21BrN4O4/c1-31-20-10-7-14(11-19(20)27(29)30)13-24-26-21(15-5-3-2-4-6-15)25-18-9-8-16(23)12-17(18)22(26)28/h7-13,15H,2-6H2,1H3. The van der Waals surface area contributed by atoms with Crippen LogP contribution in [0.25, 0.3) is 10.9 Å². The lowest BCUT2D eigenvalue weighted by atomic mass is 9.88. The molecule has 1 saturated carbocycles. The molecule has 1 heterocycles. The predicted molar refractivity (Wildman–Crippen MR) is 122 cm³/mol. The number of methoxy groups -OCH3 is 1. The number of ether oxygens (including phenoxy) is 1. The Hall–Kier alpha value is -3.07. The quantitative estimate of drug-likeness (QED) is 0.288. The van der Waals surface area contributed by atoms with Gasteiger partial charge >= 0.3 is 5.69 Å². The third-order valence-electron chi connectivity index (χ3n) is 5.53. The van der Waals surface area contributed by atoms with Crippen LogP contribution in [-0.4, -0.2) is 27.9 Å². The topological polar surface area (TPSA) is 99.6 Å². The second-order valence-electron chi connectivity index (χ2n) is 7.52. The van der Waals surface area contributed by atoms with Gasteiger partial charge in [-0.05, 0) is 43.2 Å². The van der Waals surface area contributed by atoms with Crippen LogP contribution in [0, 0.1) is 10.1 Å². The lowest BCUT2D eigenvalue weighted by Gasteiger charge is -2.22. The van der Waals surface area contributed by atoms with Crippen LogP contribution in [0.15, 0.2) is 50.8 Å². The van der Waals surface area contributed by atoms with E-state index in [9.17, 15) is 14.9 Å². The Labute approximate surface area is 186 Å². The fraction of sp³-hybridized carbons (Fsp3) is 0.318. The van der Waals surface area contributed by atoms with Gasteiger partial charge in [-0.15, -0.1) is 0 Å². The van der Waals surface area contributed by atoms with E-state index in [4.69, 9.17) is 9.72 Å². The van der Waals surface area contributed by atoms with Gasteiger partial charge in [0.15, 0.2) is 5.75 Å². The molecular weight excluding hydrogens is 464 g/mol. The summed E-state index contributed by atoms with van der Waals surface area (Å²) in [4.78, 5) is 28.9. The molecule has 0 N–H and O–H groups in total. The molecule has 31 heavy (non-hydrogen) atoms. The molecule has 0 saturated heterocycles. The number of hydrogen-bond donors (Lipinski definition) is 0. The average molecular weight is 485 g/mol. The summed E-state index contributed by atoms with van der Waals surface area (Å²) in [6.07, 6.45) is 6.72. The zero-order chi connectivity index (χ0) is 22.0. The predicted octanol–water partition coefficient (Wildman–Crippen LogP) is 5.01. The van der Waals surface area contributed by atoms with Gasteiger partial charge in [-0.25, -0.2) is 4.98 Å². The van der Waals surface area contributed by atoms with E-state index < -0.39 is 4.92 Å². The summed E-state index contributed by atoms with van der Waals surface area (Å²) in [5.41, 5.74) is 0.710. The Morgan fingerprint density at radius 1 is 1.23 bits per heavy atom. The van der Waals surface area contributed by atoms with Gasteiger partial charge in [0.05, 0.1) is 29.2 Å². The number of benzene rings is 2. The maximum Gasteiger partial charge on any atom is 0.311 e. The fourth-order valence-electron chi connectivity index (χ4n) is 3.96. The summed E-state index contributed by atoms with van der Waals surface area (Å²) in [5.74, 6) is 0.954. The first-order valence-electron chi connectivity index (χ1n) is 10.1. The molecule has 8 nitrogen and oxygen atoms in total. The van der Waals surface area contributed by atoms with Gasteiger partial charge in [0, 0.05) is 22.0 Å². The van der Waals surface area contributed by atoms with Gasteiger partial charge in [0.25, 0.3) is 5.56 Å². The normalized spacial score (nSPS) is 14.9. The maximum atomic E-state index is 13.3. The smallest absolute Gasteiger partial charge is 0.311 e. The van der Waals surface area contributed by atoms with E-state index in [1.54, 1.807) is 12.1 Å². The van der Waals surface area contributed by atoms with Crippen LogP contribution in [0.2, 0.25) is 0 Å². The van der Waals surface area contributed by atoms with E-state index >= 15 is 0 Å². The Balaban J connectivity index is 1.83. The van der Waals surface area contributed by atoms with E-state index in [1.807, 2.05) is 12.1 Å². The lowest BCUT2D eigenvalue weighted by Crippen LogP contribution is -2.25. The van der Waals surface area contributed by atoms with Gasteiger partial charge in [-0.2, -0.15) is 9.78 Å². The molecule has 9 heteroatoms. The summed E-state index contributed by atoms with van der Waals surface area (Å²) in [6, 6.07) is 9.97. The molecule has 0 bridgehead atoms. The second-order valence-corrected chi connectivity index (χ2v) is 8.43. The van der Waals surface area contributed by atoms with Crippen molar-refractivity contribution in [1.82, 2.24) is 9.66 Å².